The number of nitrogens with one attached hydrogen (secondary N) is 2. The first-order chi connectivity index (χ1) is 10.00. The Labute approximate surface area is 133 Å². The molecule has 128 valence electrons. The van der Waals surface area contributed by atoms with Crippen molar-refractivity contribution in [1.29, 1.82) is 0 Å². The third-order valence-corrected chi connectivity index (χ3v) is 3.38. The van der Waals surface area contributed by atoms with Gasteiger partial charge in [-0.15, -0.1) is 0 Å². The maximum atomic E-state index is 11.8. The van der Waals surface area contributed by atoms with Gasteiger partial charge < -0.3 is 22.1 Å². The Morgan fingerprint density at radius 2 is 1.73 bits per heavy atom. The van der Waals surface area contributed by atoms with Crippen molar-refractivity contribution >= 4 is 17.8 Å². The SMILES string of the molecule is CNC(=O)C(C)(C)CC(C)(C)CNC(=O)CCCN=C(N)N. The zero-order valence-electron chi connectivity index (χ0n) is 14.5. The standard InChI is InChI=1S/C15H31N5O2/c1-14(2,9-15(3,4)12(22)18-5)10-20-11(21)7-6-8-19-13(16)17/h6-10H2,1-5H3,(H,18,22)(H,20,21)(H4,16,17,19). The number of carbonyl (C=O) groups is 2. The molecule has 0 unspecified atom stereocenters. The molecule has 0 bridgehead atoms. The fourth-order valence-electron chi connectivity index (χ4n) is 2.55. The van der Waals surface area contributed by atoms with Crippen LogP contribution in [0.3, 0.4) is 0 Å². The number of nitrogens with zero attached hydrogens (tertiary/aromatic N) is 1. The van der Waals surface area contributed by atoms with Gasteiger partial charge in [-0.3, -0.25) is 14.6 Å². The summed E-state index contributed by atoms with van der Waals surface area (Å²) in [5.41, 5.74) is 9.78. The predicted octanol–water partition coefficient (Wildman–Crippen LogP) is 0.345. The molecular formula is C15H31N5O2. The number of carbonyl (C=O) groups excluding carboxylic acids is 2. The number of aliphatic imine (C=N–C) groups is 1. The molecule has 0 rings (SSSR count). The van der Waals surface area contributed by atoms with Gasteiger partial charge in [0.15, 0.2) is 5.96 Å². The quantitative estimate of drug-likeness (QED) is 0.278. The minimum atomic E-state index is -0.476. The van der Waals surface area contributed by atoms with Crippen LogP contribution >= 0.6 is 0 Å². The zero-order valence-corrected chi connectivity index (χ0v) is 14.5. The highest BCUT2D eigenvalue weighted by atomic mass is 16.2. The fraction of sp³-hybridized carbons (Fsp3) is 0.800. The number of nitrogens with two attached hydrogens (primary N) is 2. The molecule has 0 aliphatic rings. The van der Waals surface area contributed by atoms with Crippen molar-refractivity contribution in [2.45, 2.75) is 47.0 Å². The van der Waals surface area contributed by atoms with Gasteiger partial charge >= 0.3 is 0 Å². The minimum Gasteiger partial charge on any atom is -0.370 e. The summed E-state index contributed by atoms with van der Waals surface area (Å²) in [6, 6.07) is 0. The molecular weight excluding hydrogens is 282 g/mol. The molecule has 0 atom stereocenters. The van der Waals surface area contributed by atoms with E-state index in [1.165, 1.54) is 0 Å². The van der Waals surface area contributed by atoms with Crippen molar-refractivity contribution in [3.8, 4) is 0 Å². The van der Waals surface area contributed by atoms with Crippen molar-refractivity contribution in [1.82, 2.24) is 10.6 Å². The monoisotopic (exact) mass is 313 g/mol. The second kappa shape index (κ2) is 8.60. The van der Waals surface area contributed by atoms with E-state index in [1.54, 1.807) is 7.05 Å². The Balaban J connectivity index is 4.24. The molecule has 0 aromatic carbocycles. The van der Waals surface area contributed by atoms with Gasteiger partial charge in [0.1, 0.15) is 0 Å². The van der Waals surface area contributed by atoms with Crippen molar-refractivity contribution in [2.75, 3.05) is 20.1 Å². The van der Waals surface area contributed by atoms with Crippen molar-refractivity contribution in [3.63, 3.8) is 0 Å². The summed E-state index contributed by atoms with van der Waals surface area (Å²) in [5.74, 6) is 0.0127. The summed E-state index contributed by atoms with van der Waals surface area (Å²) >= 11 is 0. The van der Waals surface area contributed by atoms with Crippen molar-refractivity contribution in [3.05, 3.63) is 0 Å². The van der Waals surface area contributed by atoms with E-state index in [0.29, 0.717) is 32.4 Å². The van der Waals surface area contributed by atoms with Crippen LogP contribution in [0.4, 0.5) is 0 Å². The fourth-order valence-corrected chi connectivity index (χ4v) is 2.55. The zero-order chi connectivity index (χ0) is 17.4. The Kier molecular flexibility index (Phi) is 7.90. The molecule has 0 aromatic rings. The summed E-state index contributed by atoms with van der Waals surface area (Å²) in [6.45, 7) is 8.86. The maximum Gasteiger partial charge on any atom is 0.225 e. The highest BCUT2D eigenvalue weighted by molar-refractivity contribution is 5.81. The first-order valence-electron chi connectivity index (χ1n) is 7.54. The Hall–Kier alpha value is -1.79. The molecule has 0 fully saturated rings. The van der Waals surface area contributed by atoms with E-state index in [1.807, 2.05) is 27.7 Å². The highest BCUT2D eigenvalue weighted by Crippen LogP contribution is 2.33. The van der Waals surface area contributed by atoms with Gasteiger partial charge in [0.25, 0.3) is 0 Å². The minimum absolute atomic E-state index is 0.00383. The molecule has 0 saturated carbocycles. The van der Waals surface area contributed by atoms with E-state index in [2.05, 4.69) is 15.6 Å². The second-order valence-electron chi connectivity index (χ2n) is 6.99. The van der Waals surface area contributed by atoms with E-state index in [-0.39, 0.29) is 23.2 Å². The lowest BCUT2D eigenvalue weighted by Crippen LogP contribution is -2.42. The number of rotatable bonds is 9. The van der Waals surface area contributed by atoms with Gasteiger partial charge in [-0.25, -0.2) is 0 Å². The third-order valence-electron chi connectivity index (χ3n) is 3.38. The molecule has 0 spiro atoms. The van der Waals surface area contributed by atoms with Gasteiger partial charge in [0.2, 0.25) is 11.8 Å². The Morgan fingerprint density at radius 3 is 2.23 bits per heavy atom. The van der Waals surface area contributed by atoms with Gasteiger partial charge in [0, 0.05) is 32.0 Å². The average molecular weight is 313 g/mol. The molecule has 0 saturated heterocycles. The molecule has 6 N–H and O–H groups in total. The van der Waals surface area contributed by atoms with Crippen LogP contribution < -0.4 is 22.1 Å². The molecule has 2 amide bonds. The van der Waals surface area contributed by atoms with Crippen LogP contribution in [0.5, 0.6) is 0 Å². The van der Waals surface area contributed by atoms with Crippen LogP contribution in [-0.4, -0.2) is 37.9 Å². The van der Waals surface area contributed by atoms with E-state index in [9.17, 15) is 9.59 Å². The second-order valence-corrected chi connectivity index (χ2v) is 6.99. The number of hydrogen-bond donors (Lipinski definition) is 4. The summed E-state index contributed by atoms with van der Waals surface area (Å²) in [7, 11) is 1.63. The molecule has 22 heavy (non-hydrogen) atoms. The molecule has 0 heterocycles. The predicted molar refractivity (Wildman–Crippen MR) is 89.2 cm³/mol. The van der Waals surface area contributed by atoms with Crippen LogP contribution in [0.1, 0.15) is 47.0 Å². The first-order valence-corrected chi connectivity index (χ1v) is 7.54. The summed E-state index contributed by atoms with van der Waals surface area (Å²) in [4.78, 5) is 27.5. The molecule has 0 radical (unpaired) electrons. The summed E-state index contributed by atoms with van der Waals surface area (Å²) in [6.07, 6.45) is 1.66. The van der Waals surface area contributed by atoms with Crippen LogP contribution in [0.25, 0.3) is 0 Å². The largest absolute Gasteiger partial charge is 0.370 e. The van der Waals surface area contributed by atoms with Crippen LogP contribution in [0, 0.1) is 10.8 Å². The molecule has 0 aromatic heterocycles. The first kappa shape index (κ1) is 20.2. The summed E-state index contributed by atoms with van der Waals surface area (Å²) < 4.78 is 0. The van der Waals surface area contributed by atoms with Gasteiger partial charge in [0.05, 0.1) is 0 Å². The van der Waals surface area contributed by atoms with Crippen LogP contribution in [0.15, 0.2) is 4.99 Å². The lowest BCUT2D eigenvalue weighted by atomic mass is 9.74. The van der Waals surface area contributed by atoms with E-state index < -0.39 is 5.41 Å². The Bertz CT molecular complexity index is 412. The van der Waals surface area contributed by atoms with Gasteiger partial charge in [-0.05, 0) is 18.3 Å². The topological polar surface area (TPSA) is 123 Å². The van der Waals surface area contributed by atoms with E-state index in [4.69, 9.17) is 11.5 Å². The third kappa shape index (κ3) is 8.49. The highest BCUT2D eigenvalue weighted by Gasteiger charge is 2.34. The smallest absolute Gasteiger partial charge is 0.225 e. The van der Waals surface area contributed by atoms with Gasteiger partial charge in [-0.1, -0.05) is 27.7 Å². The van der Waals surface area contributed by atoms with Crippen molar-refractivity contribution in [2.24, 2.45) is 27.3 Å². The molecule has 0 aliphatic carbocycles. The average Bonchev–Trinajstić information content (AvgIpc) is 2.39. The lowest BCUT2D eigenvalue weighted by molar-refractivity contribution is -0.130. The molecule has 7 nitrogen and oxygen atoms in total. The van der Waals surface area contributed by atoms with Crippen LogP contribution in [-0.2, 0) is 9.59 Å². The number of amides is 2. The molecule has 0 aliphatic heterocycles. The van der Waals surface area contributed by atoms with E-state index >= 15 is 0 Å². The number of guanidine groups is 1. The number of hydrogen-bond acceptors (Lipinski definition) is 3. The van der Waals surface area contributed by atoms with Gasteiger partial charge in [-0.2, -0.15) is 0 Å². The lowest BCUT2D eigenvalue weighted by Gasteiger charge is -2.33. The molecule has 7 heteroatoms. The van der Waals surface area contributed by atoms with Crippen LogP contribution in [0.2, 0.25) is 0 Å². The maximum absolute atomic E-state index is 11.8. The Morgan fingerprint density at radius 1 is 1.14 bits per heavy atom. The van der Waals surface area contributed by atoms with Crippen molar-refractivity contribution < 1.29 is 9.59 Å². The normalized spacial score (nSPS) is 11.7. The summed E-state index contributed by atoms with van der Waals surface area (Å²) in [5, 5.41) is 5.59. The van der Waals surface area contributed by atoms with E-state index in [0.717, 1.165) is 0 Å².